The molecule has 16 heavy (non-hydrogen) atoms. The number of halogens is 1. The van der Waals surface area contributed by atoms with Crippen molar-refractivity contribution in [2.45, 2.75) is 6.92 Å². The molecule has 1 aromatic heterocycles. The topological polar surface area (TPSA) is 12.9 Å². The minimum absolute atomic E-state index is 0.578. The Hall–Kier alpha value is -1.60. The van der Waals surface area contributed by atoms with Crippen LogP contribution < -0.4 is 0 Å². The largest absolute Gasteiger partial charge is 0.235 e. The first-order valence-electron chi connectivity index (χ1n) is 5.20. The lowest BCUT2D eigenvalue weighted by Crippen LogP contribution is -1.85. The lowest BCUT2D eigenvalue weighted by molar-refractivity contribution is 1.43. The van der Waals surface area contributed by atoms with Crippen molar-refractivity contribution >= 4 is 33.3 Å². The molecular weight excluding hydrogens is 218 g/mol. The van der Waals surface area contributed by atoms with Crippen LogP contribution in [0.5, 0.6) is 0 Å². The fourth-order valence-electron chi connectivity index (χ4n) is 2.03. The van der Waals surface area contributed by atoms with Gasteiger partial charge in [0, 0.05) is 10.8 Å². The Labute approximate surface area is 98.7 Å². The Morgan fingerprint density at radius 1 is 0.938 bits per heavy atom. The molecule has 0 saturated carbocycles. The van der Waals surface area contributed by atoms with Crippen molar-refractivity contribution in [2.24, 2.45) is 0 Å². The Bertz CT molecular complexity index is 689. The lowest BCUT2D eigenvalue weighted by Gasteiger charge is -2.05. The monoisotopic (exact) mass is 227 g/mol. The number of pyridine rings is 1. The number of rotatable bonds is 0. The van der Waals surface area contributed by atoms with E-state index in [0.29, 0.717) is 5.15 Å². The minimum atomic E-state index is 0.578. The number of aryl methyl sites for hydroxylation is 1. The van der Waals surface area contributed by atoms with E-state index < -0.39 is 0 Å². The molecule has 2 heteroatoms. The number of nitrogens with zero attached hydrogens (tertiary/aromatic N) is 1. The number of benzene rings is 2. The predicted octanol–water partition coefficient (Wildman–Crippen LogP) is 4.35. The molecule has 2 aromatic carbocycles. The molecule has 0 atom stereocenters. The quantitative estimate of drug-likeness (QED) is 0.411. The van der Waals surface area contributed by atoms with Gasteiger partial charge in [-0.1, -0.05) is 53.6 Å². The van der Waals surface area contributed by atoms with Crippen molar-refractivity contribution in [2.75, 3.05) is 0 Å². The molecule has 3 aromatic rings. The summed E-state index contributed by atoms with van der Waals surface area (Å²) >= 11 is 6.18. The van der Waals surface area contributed by atoms with Crippen LogP contribution in [0.15, 0.2) is 42.5 Å². The molecule has 0 fully saturated rings. The smallest absolute Gasteiger partial charge is 0.137 e. The average Bonchev–Trinajstić information content (AvgIpc) is 2.29. The van der Waals surface area contributed by atoms with Crippen molar-refractivity contribution < 1.29 is 0 Å². The fourth-order valence-corrected chi connectivity index (χ4v) is 2.28. The zero-order valence-electron chi connectivity index (χ0n) is 8.87. The van der Waals surface area contributed by atoms with Gasteiger partial charge in [-0.15, -0.1) is 0 Å². The highest BCUT2D eigenvalue weighted by Crippen LogP contribution is 2.29. The molecule has 1 heterocycles. The molecule has 0 radical (unpaired) electrons. The number of fused-ring (bicyclic) bond motifs is 3. The second-order valence-corrected chi connectivity index (χ2v) is 4.33. The molecule has 0 saturated heterocycles. The first-order valence-corrected chi connectivity index (χ1v) is 5.58. The number of hydrogen-bond donors (Lipinski definition) is 0. The Morgan fingerprint density at radius 3 is 2.62 bits per heavy atom. The summed E-state index contributed by atoms with van der Waals surface area (Å²) in [6, 6.07) is 14.3. The van der Waals surface area contributed by atoms with Gasteiger partial charge in [0.2, 0.25) is 0 Å². The van der Waals surface area contributed by atoms with Crippen LogP contribution in [0, 0.1) is 6.92 Å². The van der Waals surface area contributed by atoms with Gasteiger partial charge in [0.05, 0.1) is 5.52 Å². The van der Waals surface area contributed by atoms with Gasteiger partial charge >= 0.3 is 0 Å². The minimum Gasteiger partial charge on any atom is -0.235 e. The third kappa shape index (κ3) is 1.36. The molecular formula is C14H10ClN. The van der Waals surface area contributed by atoms with Crippen LogP contribution in [0.4, 0.5) is 0 Å². The maximum Gasteiger partial charge on any atom is 0.137 e. The summed E-state index contributed by atoms with van der Waals surface area (Å²) in [7, 11) is 0. The highest BCUT2D eigenvalue weighted by atomic mass is 35.5. The Balaban J connectivity index is 2.61. The second kappa shape index (κ2) is 3.46. The highest BCUT2D eigenvalue weighted by Gasteiger charge is 2.05. The molecule has 0 unspecified atom stereocenters. The maximum absolute atomic E-state index is 6.18. The van der Waals surface area contributed by atoms with Crippen molar-refractivity contribution in [3.05, 3.63) is 53.2 Å². The average molecular weight is 228 g/mol. The summed E-state index contributed by atoms with van der Waals surface area (Å²) in [5, 5.41) is 3.93. The van der Waals surface area contributed by atoms with Crippen LogP contribution in [-0.2, 0) is 0 Å². The van der Waals surface area contributed by atoms with Gasteiger partial charge in [-0.3, -0.25) is 0 Å². The summed E-state index contributed by atoms with van der Waals surface area (Å²) in [5.74, 6) is 0. The molecule has 0 N–H and O–H groups in total. The summed E-state index contributed by atoms with van der Waals surface area (Å²) in [6.45, 7) is 2.09. The van der Waals surface area contributed by atoms with Crippen molar-refractivity contribution in [1.29, 1.82) is 0 Å². The van der Waals surface area contributed by atoms with Crippen LogP contribution >= 0.6 is 11.6 Å². The first kappa shape index (κ1) is 9.61. The van der Waals surface area contributed by atoms with E-state index in [2.05, 4.69) is 30.1 Å². The maximum atomic E-state index is 6.18. The predicted molar refractivity (Wildman–Crippen MR) is 69.0 cm³/mol. The van der Waals surface area contributed by atoms with E-state index in [1.54, 1.807) is 0 Å². The fraction of sp³-hybridized carbons (Fsp3) is 0.0714. The van der Waals surface area contributed by atoms with Gasteiger partial charge in [-0.05, 0) is 18.4 Å². The molecule has 0 amide bonds. The third-order valence-electron chi connectivity index (χ3n) is 2.81. The van der Waals surface area contributed by atoms with E-state index in [9.17, 15) is 0 Å². The van der Waals surface area contributed by atoms with Crippen LogP contribution in [0.2, 0.25) is 5.15 Å². The van der Waals surface area contributed by atoms with E-state index in [4.69, 9.17) is 11.6 Å². The third-order valence-corrected chi connectivity index (χ3v) is 3.10. The van der Waals surface area contributed by atoms with Crippen molar-refractivity contribution in [3.8, 4) is 0 Å². The normalized spacial score (nSPS) is 11.1. The van der Waals surface area contributed by atoms with E-state index in [1.807, 2.05) is 24.3 Å². The van der Waals surface area contributed by atoms with E-state index in [1.165, 1.54) is 10.9 Å². The SMILES string of the molecule is Cc1ccc2c(Cl)nc3ccccc3c2c1. The second-order valence-electron chi connectivity index (χ2n) is 3.97. The zero-order chi connectivity index (χ0) is 11.1. The molecule has 0 aliphatic carbocycles. The van der Waals surface area contributed by atoms with Gasteiger partial charge in [-0.25, -0.2) is 4.98 Å². The summed E-state index contributed by atoms with van der Waals surface area (Å²) in [6.07, 6.45) is 0. The number of aromatic nitrogens is 1. The van der Waals surface area contributed by atoms with Crippen LogP contribution in [0.3, 0.4) is 0 Å². The molecule has 0 aliphatic rings. The molecule has 78 valence electrons. The molecule has 0 bridgehead atoms. The van der Waals surface area contributed by atoms with E-state index >= 15 is 0 Å². The summed E-state index contributed by atoms with van der Waals surface area (Å²) < 4.78 is 0. The standard InChI is InChI=1S/C14H10ClN/c1-9-6-7-11-12(8-9)10-4-2-3-5-13(10)16-14(11)15/h2-8H,1H3. The summed E-state index contributed by atoms with van der Waals surface area (Å²) in [5.41, 5.74) is 2.19. The Morgan fingerprint density at radius 2 is 1.75 bits per heavy atom. The van der Waals surface area contributed by atoms with Gasteiger partial charge in [0.25, 0.3) is 0 Å². The Kier molecular flexibility index (Phi) is 2.08. The molecule has 0 spiro atoms. The van der Waals surface area contributed by atoms with E-state index in [-0.39, 0.29) is 0 Å². The van der Waals surface area contributed by atoms with Gasteiger partial charge < -0.3 is 0 Å². The summed E-state index contributed by atoms with van der Waals surface area (Å²) in [4.78, 5) is 4.40. The van der Waals surface area contributed by atoms with Crippen molar-refractivity contribution in [1.82, 2.24) is 4.98 Å². The van der Waals surface area contributed by atoms with Gasteiger partial charge in [0.1, 0.15) is 5.15 Å². The van der Waals surface area contributed by atoms with Gasteiger partial charge in [0.15, 0.2) is 0 Å². The van der Waals surface area contributed by atoms with E-state index in [0.717, 1.165) is 16.3 Å². The zero-order valence-corrected chi connectivity index (χ0v) is 9.62. The lowest BCUT2D eigenvalue weighted by atomic mass is 10.0. The van der Waals surface area contributed by atoms with Crippen LogP contribution in [-0.4, -0.2) is 4.98 Å². The molecule has 3 rings (SSSR count). The molecule has 1 nitrogen and oxygen atoms in total. The highest BCUT2D eigenvalue weighted by molar-refractivity contribution is 6.35. The van der Waals surface area contributed by atoms with Crippen LogP contribution in [0.25, 0.3) is 21.7 Å². The number of para-hydroxylation sites is 1. The van der Waals surface area contributed by atoms with Crippen molar-refractivity contribution in [3.63, 3.8) is 0 Å². The first-order chi connectivity index (χ1) is 7.75. The van der Waals surface area contributed by atoms with Crippen LogP contribution in [0.1, 0.15) is 5.56 Å². The number of hydrogen-bond acceptors (Lipinski definition) is 1. The van der Waals surface area contributed by atoms with Gasteiger partial charge in [-0.2, -0.15) is 0 Å². The molecule has 0 aliphatic heterocycles.